The van der Waals surface area contributed by atoms with Crippen molar-refractivity contribution in [3.8, 4) is 0 Å². The van der Waals surface area contributed by atoms with Crippen molar-refractivity contribution in [3.05, 3.63) is 69.5 Å². The smallest absolute Gasteiger partial charge is 0.269 e. The minimum absolute atomic E-state index is 0.106. The summed E-state index contributed by atoms with van der Waals surface area (Å²) in [5, 5.41) is 10.8. The highest BCUT2D eigenvalue weighted by Gasteiger charge is 2.35. The lowest BCUT2D eigenvalue weighted by molar-refractivity contribution is -0.384. The summed E-state index contributed by atoms with van der Waals surface area (Å²) in [5.74, 6) is -0.691. The Morgan fingerprint density at radius 2 is 1.91 bits per heavy atom. The monoisotopic (exact) mass is 301 g/mol. The van der Waals surface area contributed by atoms with E-state index >= 15 is 0 Å². The van der Waals surface area contributed by atoms with Crippen LogP contribution in [-0.4, -0.2) is 10.8 Å². The van der Waals surface area contributed by atoms with Gasteiger partial charge in [-0.25, -0.2) is 4.39 Å². The van der Waals surface area contributed by atoms with Crippen LogP contribution in [0.3, 0.4) is 0 Å². The van der Waals surface area contributed by atoms with Gasteiger partial charge in [0, 0.05) is 23.4 Å². The number of amides is 1. The second-order valence-corrected chi connectivity index (χ2v) is 5.03. The van der Waals surface area contributed by atoms with Crippen molar-refractivity contribution in [1.82, 2.24) is 0 Å². The van der Waals surface area contributed by atoms with Gasteiger partial charge < -0.3 is 10.6 Å². The first kappa shape index (κ1) is 14.2. The second kappa shape index (κ2) is 5.19. The van der Waals surface area contributed by atoms with Gasteiger partial charge in [-0.2, -0.15) is 0 Å². The molecule has 0 fully saturated rings. The maximum Gasteiger partial charge on any atom is 0.269 e. The molecule has 112 valence electrons. The molecule has 0 radical (unpaired) electrons. The molecule has 1 heterocycles. The van der Waals surface area contributed by atoms with Crippen LogP contribution in [0.4, 0.5) is 15.8 Å². The van der Waals surface area contributed by atoms with E-state index < -0.39 is 11.0 Å². The molecule has 0 aliphatic carbocycles. The Bertz CT molecular complexity index is 761. The zero-order valence-corrected chi connectivity index (χ0v) is 11.4. The normalized spacial score (nSPS) is 16.7. The SMILES string of the molecule is N[C@@H]1C(=O)N(Cc2ccc(F)cc2)c2ccc([N+](=O)[O-])cc21. The number of nitro benzene ring substituents is 1. The summed E-state index contributed by atoms with van der Waals surface area (Å²) < 4.78 is 12.9. The summed E-state index contributed by atoms with van der Waals surface area (Å²) in [6, 6.07) is 9.04. The third kappa shape index (κ3) is 2.31. The minimum Gasteiger partial charge on any atom is -0.316 e. The number of fused-ring (bicyclic) bond motifs is 1. The van der Waals surface area contributed by atoms with Gasteiger partial charge in [-0.15, -0.1) is 0 Å². The van der Waals surface area contributed by atoms with E-state index in [1.807, 2.05) is 0 Å². The number of hydrogen-bond donors (Lipinski definition) is 1. The second-order valence-electron chi connectivity index (χ2n) is 5.03. The summed E-state index contributed by atoms with van der Waals surface area (Å²) in [4.78, 5) is 24.0. The fraction of sp³-hybridized carbons (Fsp3) is 0.133. The van der Waals surface area contributed by atoms with Gasteiger partial charge in [-0.05, 0) is 23.8 Å². The van der Waals surface area contributed by atoms with E-state index in [1.54, 1.807) is 12.1 Å². The molecule has 6 nitrogen and oxygen atoms in total. The number of carbonyl (C=O) groups is 1. The van der Waals surface area contributed by atoms with Crippen molar-refractivity contribution in [3.63, 3.8) is 0 Å². The summed E-state index contributed by atoms with van der Waals surface area (Å²) in [7, 11) is 0. The van der Waals surface area contributed by atoms with E-state index in [1.165, 1.54) is 35.2 Å². The Balaban J connectivity index is 1.96. The highest BCUT2D eigenvalue weighted by atomic mass is 19.1. The van der Waals surface area contributed by atoms with Crippen LogP contribution in [0.15, 0.2) is 42.5 Å². The molecule has 0 saturated heterocycles. The van der Waals surface area contributed by atoms with Gasteiger partial charge in [0.15, 0.2) is 0 Å². The van der Waals surface area contributed by atoms with E-state index in [0.717, 1.165) is 5.56 Å². The molecule has 3 rings (SSSR count). The number of rotatable bonds is 3. The van der Waals surface area contributed by atoms with Crippen molar-refractivity contribution in [2.75, 3.05) is 4.90 Å². The number of non-ortho nitro benzene ring substituents is 1. The average molecular weight is 301 g/mol. The molecule has 0 aromatic heterocycles. The number of benzene rings is 2. The number of nitrogens with zero attached hydrogens (tertiary/aromatic N) is 2. The Hall–Kier alpha value is -2.80. The lowest BCUT2D eigenvalue weighted by atomic mass is 10.1. The lowest BCUT2D eigenvalue weighted by Gasteiger charge is -2.17. The largest absolute Gasteiger partial charge is 0.316 e. The maximum atomic E-state index is 12.9. The van der Waals surface area contributed by atoms with E-state index in [9.17, 15) is 19.3 Å². The van der Waals surface area contributed by atoms with Gasteiger partial charge in [0.25, 0.3) is 5.69 Å². The molecule has 1 aliphatic heterocycles. The summed E-state index contributed by atoms with van der Waals surface area (Å²) >= 11 is 0. The zero-order chi connectivity index (χ0) is 15.9. The third-order valence-electron chi connectivity index (χ3n) is 3.63. The topological polar surface area (TPSA) is 89.5 Å². The number of nitrogens with two attached hydrogens (primary N) is 1. The number of anilines is 1. The first-order chi connectivity index (χ1) is 10.5. The standard InChI is InChI=1S/C15H12FN3O3/c16-10-3-1-9(2-4-10)8-18-13-6-5-11(19(21)22)7-12(13)14(17)15(18)20/h1-7,14H,8,17H2/t14-/m0/s1. The number of nitro groups is 1. The van der Waals surface area contributed by atoms with Gasteiger partial charge >= 0.3 is 0 Å². The molecule has 1 atom stereocenters. The van der Waals surface area contributed by atoms with E-state index in [4.69, 9.17) is 5.73 Å². The Morgan fingerprint density at radius 3 is 2.55 bits per heavy atom. The van der Waals surface area contributed by atoms with Crippen molar-refractivity contribution in [2.24, 2.45) is 5.73 Å². The number of hydrogen-bond acceptors (Lipinski definition) is 4. The fourth-order valence-corrected chi connectivity index (χ4v) is 2.51. The molecular weight excluding hydrogens is 289 g/mol. The fourth-order valence-electron chi connectivity index (χ4n) is 2.51. The van der Waals surface area contributed by atoms with Gasteiger partial charge in [0.1, 0.15) is 11.9 Å². The van der Waals surface area contributed by atoms with Gasteiger partial charge in [0.2, 0.25) is 5.91 Å². The van der Waals surface area contributed by atoms with Crippen LogP contribution in [0, 0.1) is 15.9 Å². The minimum atomic E-state index is -0.921. The quantitative estimate of drug-likeness (QED) is 0.695. The van der Waals surface area contributed by atoms with E-state index in [0.29, 0.717) is 11.3 Å². The molecule has 22 heavy (non-hydrogen) atoms. The van der Waals surface area contributed by atoms with Crippen molar-refractivity contribution >= 4 is 17.3 Å². The Kier molecular flexibility index (Phi) is 3.34. The van der Waals surface area contributed by atoms with Crippen molar-refractivity contribution in [1.29, 1.82) is 0 Å². The van der Waals surface area contributed by atoms with Gasteiger partial charge in [0.05, 0.1) is 11.5 Å². The van der Waals surface area contributed by atoms with Crippen molar-refractivity contribution in [2.45, 2.75) is 12.6 Å². The third-order valence-corrected chi connectivity index (χ3v) is 3.63. The van der Waals surface area contributed by atoms with Crippen LogP contribution in [-0.2, 0) is 11.3 Å². The van der Waals surface area contributed by atoms with Crippen LogP contribution in [0.1, 0.15) is 17.2 Å². The number of halogens is 1. The Labute approximate surface area is 125 Å². The predicted molar refractivity (Wildman–Crippen MR) is 77.6 cm³/mol. The molecule has 2 aromatic carbocycles. The summed E-state index contributed by atoms with van der Waals surface area (Å²) in [6.07, 6.45) is 0. The first-order valence-corrected chi connectivity index (χ1v) is 6.57. The van der Waals surface area contributed by atoms with Crippen LogP contribution in [0.2, 0.25) is 0 Å². The molecule has 7 heteroatoms. The van der Waals surface area contributed by atoms with Gasteiger partial charge in [-0.3, -0.25) is 14.9 Å². The van der Waals surface area contributed by atoms with E-state index in [2.05, 4.69) is 0 Å². The van der Waals surface area contributed by atoms with Crippen LogP contribution >= 0.6 is 0 Å². The van der Waals surface area contributed by atoms with Gasteiger partial charge in [-0.1, -0.05) is 12.1 Å². The highest BCUT2D eigenvalue weighted by molar-refractivity contribution is 6.04. The zero-order valence-electron chi connectivity index (χ0n) is 11.4. The number of carbonyl (C=O) groups excluding carboxylic acids is 1. The van der Waals surface area contributed by atoms with Crippen LogP contribution in [0.25, 0.3) is 0 Å². The molecule has 1 amide bonds. The molecule has 0 bridgehead atoms. The molecule has 2 N–H and O–H groups in total. The van der Waals surface area contributed by atoms with Crippen LogP contribution < -0.4 is 10.6 Å². The lowest BCUT2D eigenvalue weighted by Crippen LogP contribution is -2.31. The average Bonchev–Trinajstić information content (AvgIpc) is 2.74. The van der Waals surface area contributed by atoms with Crippen molar-refractivity contribution < 1.29 is 14.1 Å². The molecule has 1 aliphatic rings. The molecular formula is C15H12FN3O3. The van der Waals surface area contributed by atoms with Crippen LogP contribution in [0.5, 0.6) is 0 Å². The Morgan fingerprint density at radius 1 is 1.23 bits per heavy atom. The molecule has 0 saturated carbocycles. The first-order valence-electron chi connectivity index (χ1n) is 6.57. The summed E-state index contributed by atoms with van der Waals surface area (Å²) in [5.41, 5.74) is 7.47. The molecule has 0 unspecified atom stereocenters. The highest BCUT2D eigenvalue weighted by Crippen LogP contribution is 2.37. The maximum absolute atomic E-state index is 12.9. The molecule has 2 aromatic rings. The predicted octanol–water partition coefficient (Wildman–Crippen LogP) is 2.28. The van der Waals surface area contributed by atoms with E-state index in [-0.39, 0.29) is 24.0 Å². The summed E-state index contributed by atoms with van der Waals surface area (Å²) in [6.45, 7) is 0.234. The molecule has 0 spiro atoms.